The van der Waals surface area contributed by atoms with Crippen LogP contribution in [0.25, 0.3) is 10.8 Å². The van der Waals surface area contributed by atoms with Gasteiger partial charge in [-0.25, -0.2) is 0 Å². The fourth-order valence-corrected chi connectivity index (χ4v) is 3.17. The SMILES string of the molecule is CCCC1CC1NC(C)c1ccc2ccccc2c1O. The molecule has 0 amide bonds. The third-order valence-electron chi connectivity index (χ3n) is 4.44. The number of nitrogens with one attached hydrogen (secondary N) is 1. The molecule has 2 heteroatoms. The average Bonchev–Trinajstić information content (AvgIpc) is 3.17. The Hall–Kier alpha value is -1.54. The van der Waals surface area contributed by atoms with Gasteiger partial charge < -0.3 is 10.4 Å². The summed E-state index contributed by atoms with van der Waals surface area (Å²) < 4.78 is 0. The highest BCUT2D eigenvalue weighted by molar-refractivity contribution is 5.89. The molecule has 1 aliphatic rings. The van der Waals surface area contributed by atoms with Crippen LogP contribution in [0, 0.1) is 5.92 Å². The molecule has 20 heavy (non-hydrogen) atoms. The van der Waals surface area contributed by atoms with Gasteiger partial charge >= 0.3 is 0 Å². The van der Waals surface area contributed by atoms with E-state index < -0.39 is 0 Å². The van der Waals surface area contributed by atoms with Crippen LogP contribution in [0.1, 0.15) is 44.7 Å². The van der Waals surface area contributed by atoms with E-state index in [-0.39, 0.29) is 6.04 Å². The highest BCUT2D eigenvalue weighted by Gasteiger charge is 2.36. The zero-order valence-electron chi connectivity index (χ0n) is 12.3. The Morgan fingerprint density at radius 1 is 1.25 bits per heavy atom. The summed E-state index contributed by atoms with van der Waals surface area (Å²) in [6.07, 6.45) is 3.86. The van der Waals surface area contributed by atoms with Crippen molar-refractivity contribution in [3.05, 3.63) is 42.0 Å². The molecule has 2 aromatic carbocycles. The summed E-state index contributed by atoms with van der Waals surface area (Å²) in [5.41, 5.74) is 1.01. The molecule has 2 nitrogen and oxygen atoms in total. The summed E-state index contributed by atoms with van der Waals surface area (Å²) in [6, 6.07) is 13.0. The molecule has 2 N–H and O–H groups in total. The molecule has 0 spiro atoms. The number of hydrogen-bond donors (Lipinski definition) is 2. The Labute approximate surface area is 120 Å². The van der Waals surface area contributed by atoms with E-state index in [9.17, 15) is 5.11 Å². The molecule has 0 saturated heterocycles. The van der Waals surface area contributed by atoms with Gasteiger partial charge in [-0.15, -0.1) is 0 Å². The fourth-order valence-electron chi connectivity index (χ4n) is 3.17. The minimum absolute atomic E-state index is 0.200. The minimum Gasteiger partial charge on any atom is -0.507 e. The van der Waals surface area contributed by atoms with E-state index in [1.54, 1.807) is 0 Å². The highest BCUT2D eigenvalue weighted by Crippen LogP contribution is 2.38. The summed E-state index contributed by atoms with van der Waals surface area (Å²) >= 11 is 0. The van der Waals surface area contributed by atoms with Gasteiger partial charge in [0.05, 0.1) is 0 Å². The normalized spacial score (nSPS) is 22.9. The summed E-state index contributed by atoms with van der Waals surface area (Å²) in [5, 5.41) is 16.2. The molecule has 106 valence electrons. The molecule has 1 fully saturated rings. The first-order chi connectivity index (χ1) is 9.70. The molecule has 0 bridgehead atoms. The summed E-state index contributed by atoms with van der Waals surface area (Å²) in [5.74, 6) is 1.26. The van der Waals surface area contributed by atoms with Crippen LogP contribution < -0.4 is 5.32 Å². The highest BCUT2D eigenvalue weighted by atomic mass is 16.3. The van der Waals surface area contributed by atoms with Gasteiger partial charge in [0.25, 0.3) is 0 Å². The lowest BCUT2D eigenvalue weighted by Gasteiger charge is -2.17. The number of rotatable bonds is 5. The van der Waals surface area contributed by atoms with Gasteiger partial charge in [0, 0.05) is 23.0 Å². The Morgan fingerprint density at radius 2 is 2.05 bits per heavy atom. The van der Waals surface area contributed by atoms with Crippen LogP contribution >= 0.6 is 0 Å². The largest absolute Gasteiger partial charge is 0.507 e. The van der Waals surface area contributed by atoms with Crippen LogP contribution in [0.15, 0.2) is 36.4 Å². The topological polar surface area (TPSA) is 32.3 Å². The number of benzene rings is 2. The lowest BCUT2D eigenvalue weighted by molar-refractivity contribution is 0.454. The second kappa shape index (κ2) is 5.45. The van der Waals surface area contributed by atoms with Gasteiger partial charge in [0.2, 0.25) is 0 Å². The lowest BCUT2D eigenvalue weighted by Crippen LogP contribution is -2.22. The van der Waals surface area contributed by atoms with Crippen LogP contribution in [0.4, 0.5) is 0 Å². The zero-order chi connectivity index (χ0) is 14.1. The van der Waals surface area contributed by atoms with Crippen molar-refractivity contribution in [2.24, 2.45) is 5.92 Å². The fraction of sp³-hybridized carbons (Fsp3) is 0.444. The smallest absolute Gasteiger partial charge is 0.128 e. The summed E-state index contributed by atoms with van der Waals surface area (Å²) in [4.78, 5) is 0. The van der Waals surface area contributed by atoms with E-state index >= 15 is 0 Å². The third kappa shape index (κ3) is 2.53. The first kappa shape index (κ1) is 13.4. The average molecular weight is 269 g/mol. The van der Waals surface area contributed by atoms with Gasteiger partial charge in [-0.2, -0.15) is 0 Å². The molecular formula is C18H23NO. The van der Waals surface area contributed by atoms with Crippen molar-refractivity contribution in [1.29, 1.82) is 0 Å². The van der Waals surface area contributed by atoms with Gasteiger partial charge in [-0.3, -0.25) is 0 Å². The van der Waals surface area contributed by atoms with Crippen LogP contribution in [-0.4, -0.2) is 11.1 Å². The second-order valence-corrected chi connectivity index (χ2v) is 6.00. The van der Waals surface area contributed by atoms with Crippen molar-refractivity contribution < 1.29 is 5.11 Å². The molecule has 3 unspecified atom stereocenters. The van der Waals surface area contributed by atoms with Crippen molar-refractivity contribution >= 4 is 10.8 Å². The molecule has 1 saturated carbocycles. The second-order valence-electron chi connectivity index (χ2n) is 6.00. The van der Waals surface area contributed by atoms with Crippen molar-refractivity contribution in [3.8, 4) is 5.75 Å². The molecule has 3 atom stereocenters. The van der Waals surface area contributed by atoms with E-state index in [4.69, 9.17) is 0 Å². The third-order valence-corrected chi connectivity index (χ3v) is 4.44. The number of phenolic OH excluding ortho intramolecular Hbond substituents is 1. The van der Waals surface area contributed by atoms with E-state index in [2.05, 4.69) is 25.2 Å². The maximum Gasteiger partial charge on any atom is 0.128 e. The molecule has 0 aromatic heterocycles. The Bertz CT molecular complexity index is 607. The number of phenols is 1. The Morgan fingerprint density at radius 3 is 2.85 bits per heavy atom. The van der Waals surface area contributed by atoms with Crippen molar-refractivity contribution in [3.63, 3.8) is 0 Å². The first-order valence-corrected chi connectivity index (χ1v) is 7.67. The Balaban J connectivity index is 1.78. The molecule has 0 radical (unpaired) electrons. The number of aromatic hydroxyl groups is 1. The predicted molar refractivity (Wildman–Crippen MR) is 84.0 cm³/mol. The van der Waals surface area contributed by atoms with Crippen LogP contribution in [0.5, 0.6) is 5.75 Å². The number of fused-ring (bicyclic) bond motifs is 1. The van der Waals surface area contributed by atoms with Gasteiger partial charge in [0.15, 0.2) is 0 Å². The zero-order valence-corrected chi connectivity index (χ0v) is 12.3. The lowest BCUT2D eigenvalue weighted by atomic mass is 10.0. The summed E-state index contributed by atoms with van der Waals surface area (Å²) in [7, 11) is 0. The minimum atomic E-state index is 0.200. The molecule has 0 aliphatic heterocycles. The molecule has 1 aliphatic carbocycles. The van der Waals surface area contributed by atoms with E-state index in [0.717, 1.165) is 22.3 Å². The van der Waals surface area contributed by atoms with E-state index in [1.165, 1.54) is 19.3 Å². The standard InChI is InChI=1S/C18H23NO/c1-3-6-14-11-17(14)19-12(2)15-10-9-13-7-4-5-8-16(13)18(15)20/h4-5,7-10,12,14,17,19-20H,3,6,11H2,1-2H3. The van der Waals surface area contributed by atoms with Crippen molar-refractivity contribution in [2.45, 2.75) is 45.2 Å². The van der Waals surface area contributed by atoms with Crippen molar-refractivity contribution in [1.82, 2.24) is 5.32 Å². The maximum atomic E-state index is 10.5. The van der Waals surface area contributed by atoms with Crippen LogP contribution in [-0.2, 0) is 0 Å². The summed E-state index contributed by atoms with van der Waals surface area (Å²) in [6.45, 7) is 4.39. The molecule has 3 rings (SSSR count). The Kier molecular flexibility index (Phi) is 3.66. The number of hydrogen-bond acceptors (Lipinski definition) is 2. The van der Waals surface area contributed by atoms with Crippen LogP contribution in [0.3, 0.4) is 0 Å². The van der Waals surface area contributed by atoms with Crippen LogP contribution in [0.2, 0.25) is 0 Å². The van der Waals surface area contributed by atoms with Crippen molar-refractivity contribution in [2.75, 3.05) is 0 Å². The monoisotopic (exact) mass is 269 g/mol. The predicted octanol–water partition coefficient (Wildman–Crippen LogP) is 4.38. The van der Waals surface area contributed by atoms with E-state index in [1.807, 2.05) is 30.3 Å². The van der Waals surface area contributed by atoms with Gasteiger partial charge in [-0.05, 0) is 31.1 Å². The molecular weight excluding hydrogens is 246 g/mol. The maximum absolute atomic E-state index is 10.5. The van der Waals surface area contributed by atoms with Gasteiger partial charge in [0.1, 0.15) is 5.75 Å². The van der Waals surface area contributed by atoms with Gasteiger partial charge in [-0.1, -0.05) is 49.7 Å². The van der Waals surface area contributed by atoms with E-state index in [0.29, 0.717) is 11.8 Å². The molecule has 0 heterocycles. The molecule has 2 aromatic rings. The quantitative estimate of drug-likeness (QED) is 0.844. The first-order valence-electron chi connectivity index (χ1n) is 7.67.